The zero-order valence-corrected chi connectivity index (χ0v) is 21.6. The SMILES string of the molecule is CC[C@@H](CC[C@H](S)c1ccccc1)NCc1cc(F)c(N2CCC(N(C=N)C=N)CC2)cc1F.O.O. The molecule has 0 saturated carbocycles. The van der Waals surface area contributed by atoms with Crippen LogP contribution in [0.3, 0.4) is 0 Å². The maximum atomic E-state index is 14.9. The van der Waals surface area contributed by atoms with Crippen molar-refractivity contribution < 1.29 is 19.7 Å². The molecule has 0 radical (unpaired) electrons. The van der Waals surface area contributed by atoms with Crippen LogP contribution in [0.2, 0.25) is 0 Å². The van der Waals surface area contributed by atoms with Crippen LogP contribution in [0.1, 0.15) is 55.4 Å². The molecule has 2 aromatic carbocycles. The first-order valence-corrected chi connectivity index (χ1v) is 12.5. The number of benzene rings is 2. The summed E-state index contributed by atoms with van der Waals surface area (Å²) in [7, 11) is 0. The molecule has 1 saturated heterocycles. The largest absolute Gasteiger partial charge is 0.412 e. The fourth-order valence-corrected chi connectivity index (χ4v) is 4.84. The standard InChI is InChI=1S/C26H35F2N5S.2H2O/c1-2-21(8-9-26(34)19-6-4-3-5-7-19)31-16-20-14-24(28)25(15-23(20)27)32-12-10-22(11-13-32)33(17-29)18-30;;/h3-7,14-15,17-18,21-22,26,29-31,34H,2,8-13,16H2,1H3;2*1H2/t21-,26-;;/m0../s1. The normalized spacial score (nSPS) is 15.3. The van der Waals surface area contributed by atoms with Crippen LogP contribution in [0.4, 0.5) is 14.5 Å². The van der Waals surface area contributed by atoms with E-state index in [2.05, 4.69) is 24.4 Å². The smallest absolute Gasteiger partial charge is 0.147 e. The summed E-state index contributed by atoms with van der Waals surface area (Å²) in [6.07, 6.45) is 6.34. The molecule has 7 N–H and O–H groups in total. The van der Waals surface area contributed by atoms with Crippen molar-refractivity contribution in [2.75, 3.05) is 18.0 Å². The molecule has 1 aliphatic rings. The highest BCUT2D eigenvalue weighted by molar-refractivity contribution is 7.80. The molecule has 2 atom stereocenters. The lowest BCUT2D eigenvalue weighted by atomic mass is 10.0. The van der Waals surface area contributed by atoms with Crippen molar-refractivity contribution in [2.45, 2.75) is 62.9 Å². The number of thiol groups is 1. The third-order valence-corrected chi connectivity index (χ3v) is 7.24. The van der Waals surface area contributed by atoms with E-state index < -0.39 is 11.6 Å². The van der Waals surface area contributed by atoms with Crippen molar-refractivity contribution in [3.05, 3.63) is 65.2 Å². The summed E-state index contributed by atoms with van der Waals surface area (Å²) in [5, 5.41) is 18.3. The Labute approximate surface area is 217 Å². The van der Waals surface area contributed by atoms with Gasteiger partial charge in [-0.3, -0.25) is 10.8 Å². The third kappa shape index (κ3) is 8.26. The summed E-state index contributed by atoms with van der Waals surface area (Å²) >= 11 is 4.72. The molecule has 200 valence electrons. The molecule has 7 nitrogen and oxygen atoms in total. The van der Waals surface area contributed by atoms with E-state index in [0.29, 0.717) is 31.5 Å². The van der Waals surface area contributed by atoms with Gasteiger partial charge in [0.05, 0.1) is 18.4 Å². The molecule has 1 fully saturated rings. The minimum atomic E-state index is -0.417. The zero-order valence-electron chi connectivity index (χ0n) is 20.7. The van der Waals surface area contributed by atoms with Gasteiger partial charge in [0.1, 0.15) is 11.6 Å². The number of nitrogens with one attached hydrogen (secondary N) is 3. The van der Waals surface area contributed by atoms with E-state index in [1.807, 2.05) is 23.1 Å². The molecule has 0 unspecified atom stereocenters. The molecule has 0 amide bonds. The van der Waals surface area contributed by atoms with E-state index >= 15 is 0 Å². The zero-order chi connectivity index (χ0) is 24.5. The quantitative estimate of drug-likeness (QED) is 0.190. The second-order valence-electron chi connectivity index (χ2n) is 8.81. The van der Waals surface area contributed by atoms with Gasteiger partial charge in [0, 0.05) is 48.6 Å². The van der Waals surface area contributed by atoms with E-state index in [-0.39, 0.29) is 40.5 Å². The average molecular weight is 524 g/mol. The number of rotatable bonds is 12. The van der Waals surface area contributed by atoms with Crippen molar-refractivity contribution in [3.63, 3.8) is 0 Å². The van der Waals surface area contributed by atoms with Gasteiger partial charge in [0.25, 0.3) is 0 Å². The van der Waals surface area contributed by atoms with Crippen LogP contribution in [0.5, 0.6) is 0 Å². The molecular formula is C26H39F2N5O2S. The van der Waals surface area contributed by atoms with Gasteiger partial charge in [0.15, 0.2) is 0 Å². The van der Waals surface area contributed by atoms with E-state index in [0.717, 1.165) is 31.9 Å². The monoisotopic (exact) mass is 523 g/mol. The summed E-state index contributed by atoms with van der Waals surface area (Å²) in [5.74, 6) is -0.821. The number of hydrogen-bond acceptors (Lipinski definition) is 5. The fourth-order valence-electron chi connectivity index (χ4n) is 4.51. The number of halogens is 2. The van der Waals surface area contributed by atoms with E-state index in [1.54, 1.807) is 4.90 Å². The summed E-state index contributed by atoms with van der Waals surface area (Å²) in [6.45, 7) is 3.48. The van der Waals surface area contributed by atoms with Crippen LogP contribution < -0.4 is 10.2 Å². The molecular weight excluding hydrogens is 484 g/mol. The lowest BCUT2D eigenvalue weighted by molar-refractivity contribution is 0.363. The van der Waals surface area contributed by atoms with Gasteiger partial charge in [0.2, 0.25) is 0 Å². The van der Waals surface area contributed by atoms with Gasteiger partial charge in [-0.2, -0.15) is 12.6 Å². The van der Waals surface area contributed by atoms with E-state index in [1.165, 1.54) is 17.7 Å². The Kier molecular flexibility index (Phi) is 13.6. The molecule has 36 heavy (non-hydrogen) atoms. The Hall–Kier alpha value is -2.53. The molecule has 3 rings (SSSR count). The Morgan fingerprint density at radius 1 is 1.06 bits per heavy atom. The topological polar surface area (TPSA) is 129 Å². The molecule has 0 bridgehead atoms. The lowest BCUT2D eigenvalue weighted by Crippen LogP contribution is -2.44. The fraction of sp³-hybridized carbons (Fsp3) is 0.462. The molecule has 1 aliphatic heterocycles. The number of nitrogens with zero attached hydrogens (tertiary/aromatic N) is 2. The first-order valence-electron chi connectivity index (χ1n) is 11.9. The molecule has 1 heterocycles. The van der Waals surface area contributed by atoms with Gasteiger partial charge in [-0.05, 0) is 43.7 Å². The van der Waals surface area contributed by atoms with Crippen molar-refractivity contribution in [2.24, 2.45) is 0 Å². The summed E-state index contributed by atoms with van der Waals surface area (Å²) in [4.78, 5) is 3.40. The number of hydrogen-bond donors (Lipinski definition) is 4. The highest BCUT2D eigenvalue weighted by Crippen LogP contribution is 2.28. The Bertz CT molecular complexity index is 937. The molecule has 2 aromatic rings. The first kappa shape index (κ1) is 31.5. The maximum absolute atomic E-state index is 14.9. The van der Waals surface area contributed by atoms with Crippen molar-refractivity contribution in [3.8, 4) is 0 Å². The first-order chi connectivity index (χ1) is 16.5. The van der Waals surface area contributed by atoms with Crippen LogP contribution in [-0.4, -0.2) is 53.7 Å². The maximum Gasteiger partial charge on any atom is 0.147 e. The van der Waals surface area contributed by atoms with Gasteiger partial charge >= 0.3 is 0 Å². The average Bonchev–Trinajstić information content (AvgIpc) is 2.87. The molecule has 10 heteroatoms. The molecule has 0 spiro atoms. The highest BCUT2D eigenvalue weighted by Gasteiger charge is 2.25. The number of piperidine rings is 1. The summed E-state index contributed by atoms with van der Waals surface area (Å²) < 4.78 is 29.8. The predicted octanol–water partition coefficient (Wildman–Crippen LogP) is 4.12. The minimum absolute atomic E-state index is 0. The van der Waals surface area contributed by atoms with E-state index in [4.69, 9.17) is 23.4 Å². The highest BCUT2D eigenvalue weighted by atomic mass is 32.1. The van der Waals surface area contributed by atoms with Crippen LogP contribution in [0, 0.1) is 22.5 Å². The van der Waals surface area contributed by atoms with Crippen LogP contribution in [-0.2, 0) is 6.54 Å². The minimum Gasteiger partial charge on any atom is -0.412 e. The summed E-state index contributed by atoms with van der Waals surface area (Å²) in [5.41, 5.74) is 1.81. The molecule has 0 aromatic heterocycles. The van der Waals surface area contributed by atoms with Gasteiger partial charge < -0.3 is 26.1 Å². The summed E-state index contributed by atoms with van der Waals surface area (Å²) in [6, 6.07) is 13.0. The van der Waals surface area contributed by atoms with E-state index in [9.17, 15) is 8.78 Å². The third-order valence-electron chi connectivity index (χ3n) is 6.69. The Morgan fingerprint density at radius 2 is 1.69 bits per heavy atom. The van der Waals surface area contributed by atoms with Gasteiger partial charge in [-0.25, -0.2) is 8.78 Å². The Balaban J connectivity index is 0.00000324. The lowest BCUT2D eigenvalue weighted by Gasteiger charge is -2.37. The second kappa shape index (κ2) is 15.6. The van der Waals surface area contributed by atoms with Crippen molar-refractivity contribution in [1.29, 1.82) is 10.8 Å². The van der Waals surface area contributed by atoms with Crippen molar-refractivity contribution >= 4 is 31.0 Å². The number of anilines is 1. The molecule has 0 aliphatic carbocycles. The van der Waals surface area contributed by atoms with Crippen LogP contribution >= 0.6 is 12.6 Å². The van der Waals surface area contributed by atoms with Gasteiger partial charge in [-0.1, -0.05) is 37.3 Å². The van der Waals surface area contributed by atoms with Crippen molar-refractivity contribution in [1.82, 2.24) is 10.2 Å². The van der Waals surface area contributed by atoms with Crippen LogP contribution in [0.25, 0.3) is 0 Å². The predicted molar refractivity (Wildman–Crippen MR) is 147 cm³/mol. The Morgan fingerprint density at radius 3 is 2.28 bits per heavy atom. The van der Waals surface area contributed by atoms with Gasteiger partial charge in [-0.15, -0.1) is 0 Å². The van der Waals surface area contributed by atoms with Crippen LogP contribution in [0.15, 0.2) is 42.5 Å². The second-order valence-corrected chi connectivity index (χ2v) is 9.43.